The van der Waals surface area contributed by atoms with Crippen LogP contribution in [-0.4, -0.2) is 36.7 Å². The number of carbonyl (C=O) groups excluding carboxylic acids is 1. The molecule has 1 amide bonds. The van der Waals surface area contributed by atoms with Crippen LogP contribution in [0.3, 0.4) is 0 Å². The van der Waals surface area contributed by atoms with Gasteiger partial charge in [-0.25, -0.2) is 9.18 Å². The van der Waals surface area contributed by atoms with Crippen LogP contribution in [0.4, 0.5) is 15.8 Å². The van der Waals surface area contributed by atoms with Gasteiger partial charge in [-0.15, -0.1) is 0 Å². The topological polar surface area (TPSA) is 78.9 Å². The molecule has 0 fully saturated rings. The summed E-state index contributed by atoms with van der Waals surface area (Å²) >= 11 is 0. The molecule has 0 unspecified atom stereocenters. The number of benzene rings is 2. The normalized spacial score (nSPS) is 11.0. The summed E-state index contributed by atoms with van der Waals surface area (Å²) in [7, 11) is 0. The van der Waals surface area contributed by atoms with Crippen molar-refractivity contribution in [1.82, 2.24) is 0 Å². The highest BCUT2D eigenvalue weighted by Crippen LogP contribution is 2.32. The Morgan fingerprint density at radius 1 is 1.06 bits per heavy atom. The van der Waals surface area contributed by atoms with Gasteiger partial charge in [-0.1, -0.05) is 39.8 Å². The van der Waals surface area contributed by atoms with E-state index in [1.54, 1.807) is 31.2 Å². The maximum atomic E-state index is 14.2. The molecule has 2 N–H and O–H groups in total. The Labute approximate surface area is 189 Å². The molecule has 0 aliphatic heterocycles. The number of anilines is 2. The molecule has 2 rings (SSSR count). The first-order chi connectivity index (χ1) is 15.0. The van der Waals surface area contributed by atoms with Crippen molar-refractivity contribution in [2.24, 2.45) is 11.8 Å². The van der Waals surface area contributed by atoms with Gasteiger partial charge in [0, 0.05) is 19.2 Å². The molecule has 0 aliphatic carbocycles. The number of hydrogen-bond acceptors (Lipinski definition) is 4. The number of carboxylic acids is 1. The van der Waals surface area contributed by atoms with E-state index in [9.17, 15) is 14.0 Å². The van der Waals surface area contributed by atoms with Gasteiger partial charge in [0.05, 0.1) is 17.8 Å². The molecule has 0 heterocycles. The van der Waals surface area contributed by atoms with Gasteiger partial charge in [0.15, 0.2) is 6.61 Å². The predicted molar refractivity (Wildman–Crippen MR) is 125 cm³/mol. The second kappa shape index (κ2) is 11.5. The fraction of sp³-hybridized carbons (Fsp3) is 0.440. The third-order valence-electron chi connectivity index (χ3n) is 4.68. The molecule has 0 aliphatic rings. The Morgan fingerprint density at radius 2 is 1.72 bits per heavy atom. The molecule has 174 valence electrons. The van der Waals surface area contributed by atoms with Crippen molar-refractivity contribution in [2.45, 2.75) is 41.0 Å². The fourth-order valence-corrected chi connectivity index (χ4v) is 3.44. The lowest BCUT2D eigenvalue weighted by Crippen LogP contribution is -2.32. The number of amides is 1. The van der Waals surface area contributed by atoms with E-state index in [0.29, 0.717) is 28.8 Å². The monoisotopic (exact) mass is 444 g/mol. The molecule has 0 saturated heterocycles. The lowest BCUT2D eigenvalue weighted by atomic mass is 10.1. The van der Waals surface area contributed by atoms with Crippen LogP contribution in [0, 0.1) is 24.6 Å². The summed E-state index contributed by atoms with van der Waals surface area (Å²) in [5.41, 5.74) is 2.42. The van der Waals surface area contributed by atoms with Crippen LogP contribution in [0.15, 0.2) is 36.4 Å². The maximum Gasteiger partial charge on any atom is 0.341 e. The van der Waals surface area contributed by atoms with E-state index >= 15 is 0 Å². The standard InChI is InChI=1S/C25H33FN2O4/c1-16(2)13-28(14-17(3)4)23-9-8-20(32-15-25(30)31)12-22(23)27-24(29)11-19-7-6-18(5)10-21(19)26/h6-10,12,16-17H,11,13-15H2,1-5H3,(H,27,29)(H,30,31). The molecule has 0 aromatic heterocycles. The average Bonchev–Trinajstić information content (AvgIpc) is 2.67. The maximum absolute atomic E-state index is 14.2. The SMILES string of the molecule is Cc1ccc(CC(=O)Nc2cc(OCC(=O)O)ccc2N(CC(C)C)CC(C)C)c(F)c1. The molecular weight excluding hydrogens is 411 g/mol. The highest BCUT2D eigenvalue weighted by atomic mass is 19.1. The molecule has 2 aromatic carbocycles. The van der Waals surface area contributed by atoms with E-state index in [-0.39, 0.29) is 12.3 Å². The third-order valence-corrected chi connectivity index (χ3v) is 4.68. The first-order valence-corrected chi connectivity index (χ1v) is 10.8. The van der Waals surface area contributed by atoms with E-state index < -0.39 is 18.4 Å². The number of aliphatic carboxylic acids is 1. The lowest BCUT2D eigenvalue weighted by molar-refractivity contribution is -0.139. The van der Waals surface area contributed by atoms with Crippen LogP contribution in [0.25, 0.3) is 0 Å². The summed E-state index contributed by atoms with van der Waals surface area (Å²) in [4.78, 5) is 25.9. The fourth-order valence-electron chi connectivity index (χ4n) is 3.44. The molecular formula is C25H33FN2O4. The van der Waals surface area contributed by atoms with Gasteiger partial charge in [0.2, 0.25) is 5.91 Å². The highest BCUT2D eigenvalue weighted by Gasteiger charge is 2.18. The summed E-state index contributed by atoms with van der Waals surface area (Å²) in [6.45, 7) is 11.4. The number of halogens is 1. The largest absolute Gasteiger partial charge is 0.482 e. The van der Waals surface area contributed by atoms with E-state index in [2.05, 4.69) is 37.9 Å². The number of rotatable bonds is 11. The van der Waals surface area contributed by atoms with Gasteiger partial charge in [0.25, 0.3) is 0 Å². The number of ether oxygens (including phenoxy) is 1. The zero-order valence-electron chi connectivity index (χ0n) is 19.4. The Morgan fingerprint density at radius 3 is 2.28 bits per heavy atom. The van der Waals surface area contributed by atoms with Crippen LogP contribution in [0.5, 0.6) is 5.75 Å². The minimum absolute atomic E-state index is 0.111. The van der Waals surface area contributed by atoms with Crippen molar-refractivity contribution in [2.75, 3.05) is 29.9 Å². The van der Waals surface area contributed by atoms with Crippen molar-refractivity contribution in [3.63, 3.8) is 0 Å². The zero-order chi connectivity index (χ0) is 23.8. The number of carboxylic acid groups (broad SMARTS) is 1. The Hall–Kier alpha value is -3.09. The quantitative estimate of drug-likeness (QED) is 0.516. The predicted octanol–water partition coefficient (Wildman–Crippen LogP) is 4.90. The molecule has 0 spiro atoms. The summed E-state index contributed by atoms with van der Waals surface area (Å²) in [5, 5.41) is 11.8. The Kier molecular flexibility index (Phi) is 9.05. The van der Waals surface area contributed by atoms with Crippen molar-refractivity contribution >= 4 is 23.3 Å². The molecule has 6 nitrogen and oxygen atoms in total. The minimum Gasteiger partial charge on any atom is -0.482 e. The van der Waals surface area contributed by atoms with Gasteiger partial charge in [-0.05, 0) is 48.1 Å². The highest BCUT2D eigenvalue weighted by molar-refractivity contribution is 5.96. The number of aryl methyl sites for hydroxylation is 1. The van der Waals surface area contributed by atoms with Crippen molar-refractivity contribution in [1.29, 1.82) is 0 Å². The zero-order valence-corrected chi connectivity index (χ0v) is 19.4. The molecule has 0 radical (unpaired) electrons. The summed E-state index contributed by atoms with van der Waals surface area (Å²) in [6, 6.07) is 9.92. The number of carbonyl (C=O) groups is 2. The van der Waals surface area contributed by atoms with Crippen LogP contribution >= 0.6 is 0 Å². The van der Waals surface area contributed by atoms with E-state index in [1.165, 1.54) is 6.07 Å². The van der Waals surface area contributed by atoms with E-state index in [0.717, 1.165) is 24.3 Å². The molecule has 0 saturated carbocycles. The van der Waals surface area contributed by atoms with Gasteiger partial charge in [-0.2, -0.15) is 0 Å². The molecule has 0 bridgehead atoms. The molecule has 0 atom stereocenters. The number of nitrogens with one attached hydrogen (secondary N) is 1. The summed E-state index contributed by atoms with van der Waals surface area (Å²) in [6.07, 6.45) is -0.111. The number of hydrogen-bond donors (Lipinski definition) is 2. The van der Waals surface area contributed by atoms with Gasteiger partial charge >= 0.3 is 5.97 Å². The second-order valence-corrected chi connectivity index (χ2v) is 8.87. The first kappa shape index (κ1) is 25.2. The molecule has 32 heavy (non-hydrogen) atoms. The van der Waals surface area contributed by atoms with Crippen molar-refractivity contribution in [3.05, 3.63) is 53.3 Å². The molecule has 2 aromatic rings. The Balaban J connectivity index is 2.34. The van der Waals surface area contributed by atoms with Crippen molar-refractivity contribution in [3.8, 4) is 5.75 Å². The lowest BCUT2D eigenvalue weighted by Gasteiger charge is -2.30. The van der Waals surface area contributed by atoms with Crippen LogP contribution < -0.4 is 15.0 Å². The van der Waals surface area contributed by atoms with Crippen LogP contribution in [-0.2, 0) is 16.0 Å². The third kappa shape index (κ3) is 7.87. The second-order valence-electron chi connectivity index (χ2n) is 8.87. The van der Waals surface area contributed by atoms with E-state index in [4.69, 9.17) is 9.84 Å². The number of nitrogens with zero attached hydrogens (tertiary/aromatic N) is 1. The summed E-state index contributed by atoms with van der Waals surface area (Å²) < 4.78 is 19.5. The van der Waals surface area contributed by atoms with E-state index in [1.807, 2.05) is 6.07 Å². The average molecular weight is 445 g/mol. The Bertz CT molecular complexity index is 934. The minimum atomic E-state index is -1.09. The van der Waals surface area contributed by atoms with Gasteiger partial charge in [0.1, 0.15) is 11.6 Å². The van der Waals surface area contributed by atoms with Crippen LogP contribution in [0.2, 0.25) is 0 Å². The molecule has 7 heteroatoms. The smallest absolute Gasteiger partial charge is 0.341 e. The van der Waals surface area contributed by atoms with Crippen LogP contribution in [0.1, 0.15) is 38.8 Å². The van der Waals surface area contributed by atoms with Crippen molar-refractivity contribution < 1.29 is 23.8 Å². The van der Waals surface area contributed by atoms with Gasteiger partial charge < -0.3 is 20.1 Å². The summed E-state index contributed by atoms with van der Waals surface area (Å²) in [5.74, 6) is -0.750. The first-order valence-electron chi connectivity index (χ1n) is 10.8. The van der Waals surface area contributed by atoms with Gasteiger partial charge in [-0.3, -0.25) is 4.79 Å².